The van der Waals surface area contributed by atoms with Crippen LogP contribution in [0.4, 0.5) is 5.69 Å². The summed E-state index contributed by atoms with van der Waals surface area (Å²) < 4.78 is 0. The average Bonchev–Trinajstić information content (AvgIpc) is 2.94. The summed E-state index contributed by atoms with van der Waals surface area (Å²) in [5.41, 5.74) is 3.30. The molecule has 0 atom stereocenters. The molecule has 0 saturated heterocycles. The number of benzene rings is 4. The fourth-order valence-corrected chi connectivity index (χ4v) is 4.76. The number of amides is 2. The highest BCUT2D eigenvalue weighted by molar-refractivity contribution is 8.00. The Labute approximate surface area is 241 Å². The fraction of sp³-hybridized carbons (Fsp3) is 0.0645. The van der Waals surface area contributed by atoms with Crippen LogP contribution in [0.5, 0.6) is 0 Å². The summed E-state index contributed by atoms with van der Waals surface area (Å²) in [7, 11) is 0. The third kappa shape index (κ3) is 7.83. The van der Waals surface area contributed by atoms with Gasteiger partial charge >= 0.3 is 0 Å². The van der Waals surface area contributed by atoms with E-state index in [1.54, 1.807) is 66.7 Å². The van der Waals surface area contributed by atoms with Crippen molar-refractivity contribution in [2.45, 2.75) is 11.8 Å². The molecule has 8 heteroatoms. The van der Waals surface area contributed by atoms with Crippen LogP contribution < -0.4 is 10.6 Å². The van der Waals surface area contributed by atoms with Crippen molar-refractivity contribution in [2.75, 3.05) is 11.1 Å². The molecule has 0 aliphatic heterocycles. The largest absolute Gasteiger partial charge is 0.321 e. The van der Waals surface area contributed by atoms with E-state index in [4.69, 9.17) is 23.2 Å². The number of aryl methyl sites for hydroxylation is 1. The minimum Gasteiger partial charge on any atom is -0.321 e. The molecule has 0 unspecified atom stereocenters. The van der Waals surface area contributed by atoms with Crippen LogP contribution in [-0.2, 0) is 4.79 Å². The van der Waals surface area contributed by atoms with E-state index in [0.29, 0.717) is 26.9 Å². The smallest absolute Gasteiger partial charge is 0.272 e. The standard InChI is InChI=1S/C31H24Cl2N2O3S/c1-20-8-5-6-11-22(20)17-28(35-30(37)21-9-3-2-4-10-21)31(38)34-24-12-7-13-25(18-24)39-19-29(36)23-14-15-26(32)27(33)16-23/h2-18H,19H2,1H3,(H,34,38)(H,35,37)/b28-17-. The Morgan fingerprint density at radius 2 is 1.54 bits per heavy atom. The summed E-state index contributed by atoms with van der Waals surface area (Å²) in [6.07, 6.45) is 1.65. The molecule has 0 aliphatic carbocycles. The zero-order chi connectivity index (χ0) is 27.8. The highest BCUT2D eigenvalue weighted by Crippen LogP contribution is 2.26. The third-order valence-corrected chi connectivity index (χ3v) is 7.45. The van der Waals surface area contributed by atoms with Crippen molar-refractivity contribution in [3.05, 3.63) is 135 Å². The predicted octanol–water partition coefficient (Wildman–Crippen LogP) is 7.69. The second-order valence-electron chi connectivity index (χ2n) is 8.56. The van der Waals surface area contributed by atoms with Gasteiger partial charge in [-0.25, -0.2) is 0 Å². The van der Waals surface area contributed by atoms with E-state index in [9.17, 15) is 14.4 Å². The minimum absolute atomic E-state index is 0.0971. The zero-order valence-corrected chi connectivity index (χ0v) is 23.2. The van der Waals surface area contributed by atoms with Gasteiger partial charge in [-0.15, -0.1) is 11.8 Å². The maximum Gasteiger partial charge on any atom is 0.272 e. The lowest BCUT2D eigenvalue weighted by atomic mass is 10.1. The summed E-state index contributed by atoms with van der Waals surface area (Å²) in [6, 6.07) is 28.2. The lowest BCUT2D eigenvalue weighted by Gasteiger charge is -2.13. The number of rotatable bonds is 9. The van der Waals surface area contributed by atoms with Gasteiger partial charge in [-0.2, -0.15) is 0 Å². The van der Waals surface area contributed by atoms with Gasteiger partial charge in [0.1, 0.15) is 5.70 Å². The number of nitrogens with one attached hydrogen (secondary N) is 2. The molecule has 4 aromatic rings. The van der Waals surface area contributed by atoms with Gasteiger partial charge in [-0.05, 0) is 72.7 Å². The summed E-state index contributed by atoms with van der Waals surface area (Å²) in [6.45, 7) is 1.93. The number of halogens is 2. The van der Waals surface area contributed by atoms with Crippen LogP contribution in [0.1, 0.15) is 31.8 Å². The molecule has 2 amide bonds. The van der Waals surface area contributed by atoms with Crippen molar-refractivity contribution in [1.29, 1.82) is 0 Å². The molecular weight excluding hydrogens is 551 g/mol. The monoisotopic (exact) mass is 574 g/mol. The van der Waals surface area contributed by atoms with Crippen LogP contribution >= 0.6 is 35.0 Å². The Bertz CT molecular complexity index is 1550. The summed E-state index contributed by atoms with van der Waals surface area (Å²) in [5.74, 6) is -0.784. The van der Waals surface area contributed by atoms with Crippen molar-refractivity contribution in [3.63, 3.8) is 0 Å². The van der Waals surface area contributed by atoms with Crippen molar-refractivity contribution in [3.8, 4) is 0 Å². The number of hydrogen-bond acceptors (Lipinski definition) is 4. The molecule has 5 nitrogen and oxygen atoms in total. The van der Waals surface area contributed by atoms with Gasteiger partial charge < -0.3 is 10.6 Å². The lowest BCUT2D eigenvalue weighted by molar-refractivity contribution is -0.113. The Morgan fingerprint density at radius 1 is 0.795 bits per heavy atom. The molecule has 2 N–H and O–H groups in total. The second kappa shape index (κ2) is 13.3. The van der Waals surface area contributed by atoms with E-state index < -0.39 is 11.8 Å². The van der Waals surface area contributed by atoms with Gasteiger partial charge in [-0.1, -0.05) is 71.7 Å². The van der Waals surface area contributed by atoms with Gasteiger partial charge in [-0.3, -0.25) is 14.4 Å². The first kappa shape index (κ1) is 28.2. The molecule has 0 aliphatic rings. The second-order valence-corrected chi connectivity index (χ2v) is 10.4. The van der Waals surface area contributed by atoms with Gasteiger partial charge in [0.25, 0.3) is 11.8 Å². The third-order valence-electron chi connectivity index (χ3n) is 5.72. The summed E-state index contributed by atoms with van der Waals surface area (Å²) in [5, 5.41) is 6.32. The highest BCUT2D eigenvalue weighted by Gasteiger charge is 2.16. The Balaban J connectivity index is 1.49. The van der Waals surface area contributed by atoms with E-state index in [1.807, 2.05) is 43.3 Å². The number of anilines is 1. The van der Waals surface area contributed by atoms with Crippen molar-refractivity contribution in [2.24, 2.45) is 0 Å². The molecule has 0 heterocycles. The SMILES string of the molecule is Cc1ccccc1/C=C(\NC(=O)c1ccccc1)C(=O)Nc1cccc(SCC(=O)c2ccc(Cl)c(Cl)c2)c1. The molecule has 0 aromatic heterocycles. The molecule has 0 bridgehead atoms. The molecule has 0 saturated carbocycles. The Hall–Kier alpha value is -3.84. The van der Waals surface area contributed by atoms with Crippen LogP contribution in [0.2, 0.25) is 10.0 Å². The zero-order valence-electron chi connectivity index (χ0n) is 20.9. The normalized spacial score (nSPS) is 11.1. The molecule has 0 radical (unpaired) electrons. The minimum atomic E-state index is -0.475. The van der Waals surface area contributed by atoms with Crippen LogP contribution in [-0.4, -0.2) is 23.4 Å². The number of ketones is 1. The number of carbonyl (C=O) groups excluding carboxylic acids is 3. The van der Waals surface area contributed by atoms with Gasteiger partial charge in [0, 0.05) is 21.7 Å². The van der Waals surface area contributed by atoms with Crippen molar-refractivity contribution >= 4 is 64.3 Å². The van der Waals surface area contributed by atoms with E-state index in [-0.39, 0.29) is 17.2 Å². The van der Waals surface area contributed by atoms with Crippen molar-refractivity contribution in [1.82, 2.24) is 5.32 Å². The molecular formula is C31H24Cl2N2O3S. The number of hydrogen-bond donors (Lipinski definition) is 2. The van der Waals surface area contributed by atoms with E-state index in [2.05, 4.69) is 10.6 Å². The van der Waals surface area contributed by atoms with Crippen LogP contribution in [0.25, 0.3) is 6.08 Å². The maximum absolute atomic E-state index is 13.3. The topological polar surface area (TPSA) is 75.3 Å². The molecule has 0 fully saturated rings. The molecule has 4 aromatic carbocycles. The first-order chi connectivity index (χ1) is 18.8. The van der Waals surface area contributed by atoms with Gasteiger partial charge in [0.2, 0.25) is 0 Å². The summed E-state index contributed by atoms with van der Waals surface area (Å²) in [4.78, 5) is 39.6. The number of carbonyl (C=O) groups is 3. The first-order valence-electron chi connectivity index (χ1n) is 12.0. The molecule has 0 spiro atoms. The van der Waals surface area contributed by atoms with Crippen LogP contribution in [0.15, 0.2) is 108 Å². The highest BCUT2D eigenvalue weighted by atomic mass is 35.5. The van der Waals surface area contributed by atoms with Crippen LogP contribution in [0.3, 0.4) is 0 Å². The van der Waals surface area contributed by atoms with Gasteiger partial charge in [0.05, 0.1) is 15.8 Å². The van der Waals surface area contributed by atoms with E-state index in [1.165, 1.54) is 11.8 Å². The molecule has 196 valence electrons. The van der Waals surface area contributed by atoms with E-state index >= 15 is 0 Å². The predicted molar refractivity (Wildman–Crippen MR) is 160 cm³/mol. The number of Topliss-reactive ketones (excluding diaryl/α,β-unsaturated/α-hetero) is 1. The van der Waals surface area contributed by atoms with Crippen molar-refractivity contribution < 1.29 is 14.4 Å². The van der Waals surface area contributed by atoms with E-state index in [0.717, 1.165) is 16.0 Å². The maximum atomic E-state index is 13.3. The average molecular weight is 576 g/mol. The lowest BCUT2D eigenvalue weighted by Crippen LogP contribution is -2.30. The Morgan fingerprint density at radius 3 is 2.28 bits per heavy atom. The fourth-order valence-electron chi connectivity index (χ4n) is 3.61. The summed E-state index contributed by atoms with van der Waals surface area (Å²) >= 11 is 13.3. The van der Waals surface area contributed by atoms with Crippen LogP contribution in [0, 0.1) is 6.92 Å². The number of thioether (sulfide) groups is 1. The van der Waals surface area contributed by atoms with Gasteiger partial charge in [0.15, 0.2) is 5.78 Å². The quantitative estimate of drug-likeness (QED) is 0.122. The first-order valence-corrected chi connectivity index (χ1v) is 13.7. The Kier molecular flexibility index (Phi) is 9.60. The molecule has 39 heavy (non-hydrogen) atoms. The molecule has 4 rings (SSSR count).